The molecule has 2 aromatic rings. The van der Waals surface area contributed by atoms with E-state index in [4.69, 9.17) is 4.52 Å². The van der Waals surface area contributed by atoms with Crippen molar-refractivity contribution in [3.8, 4) is 11.3 Å². The van der Waals surface area contributed by atoms with Crippen molar-refractivity contribution in [1.29, 1.82) is 0 Å². The topological polar surface area (TPSA) is 80.5 Å². The summed E-state index contributed by atoms with van der Waals surface area (Å²) >= 11 is 3.34. The largest absolute Gasteiger partial charge is 0.338 e. The molecule has 0 aliphatic carbocycles. The summed E-state index contributed by atoms with van der Waals surface area (Å²) in [6.45, 7) is 0.0942. The van der Waals surface area contributed by atoms with Gasteiger partial charge in [0.15, 0.2) is 0 Å². The second-order valence-corrected chi connectivity index (χ2v) is 7.66. The Labute approximate surface area is 140 Å². The van der Waals surface area contributed by atoms with Gasteiger partial charge in [0.05, 0.1) is 5.75 Å². The van der Waals surface area contributed by atoms with Crippen molar-refractivity contribution in [1.82, 2.24) is 5.16 Å². The molecule has 0 bridgehead atoms. The molecule has 0 radical (unpaired) electrons. The van der Waals surface area contributed by atoms with E-state index in [2.05, 4.69) is 21.1 Å². The van der Waals surface area contributed by atoms with Crippen molar-refractivity contribution in [3.63, 3.8) is 0 Å². The van der Waals surface area contributed by atoms with Crippen LogP contribution >= 0.6 is 15.9 Å². The highest BCUT2D eigenvalue weighted by Crippen LogP contribution is 2.30. The zero-order valence-corrected chi connectivity index (χ0v) is 14.2. The molecule has 3 rings (SSSR count). The van der Waals surface area contributed by atoms with Gasteiger partial charge in [0.2, 0.25) is 11.8 Å². The van der Waals surface area contributed by atoms with Gasteiger partial charge in [0.25, 0.3) is 0 Å². The highest BCUT2D eigenvalue weighted by molar-refractivity contribution is 9.10. The maximum atomic E-state index is 12.8. The van der Waals surface area contributed by atoms with E-state index in [1.54, 1.807) is 6.07 Å². The van der Waals surface area contributed by atoms with E-state index in [-0.39, 0.29) is 24.8 Å². The van der Waals surface area contributed by atoms with Gasteiger partial charge in [-0.1, -0.05) is 33.2 Å². The lowest BCUT2D eigenvalue weighted by atomic mass is 10.1. The van der Waals surface area contributed by atoms with Crippen LogP contribution in [0.1, 0.15) is 6.42 Å². The van der Waals surface area contributed by atoms with Crippen LogP contribution in [0.15, 0.2) is 39.3 Å². The monoisotopic (exact) mass is 402 g/mol. The van der Waals surface area contributed by atoms with Crippen molar-refractivity contribution >= 4 is 37.9 Å². The summed E-state index contributed by atoms with van der Waals surface area (Å²) in [6.07, 6.45) is -0.0303. The Morgan fingerprint density at radius 2 is 2.04 bits per heavy atom. The summed E-state index contributed by atoms with van der Waals surface area (Å²) in [7, 11) is -4.61. The number of hydrogen-bond acceptors (Lipinski definition) is 5. The first kappa shape index (κ1) is 16.1. The quantitative estimate of drug-likeness (QED) is 0.734. The highest BCUT2D eigenvalue weighted by Gasteiger charge is 2.35. The zero-order chi connectivity index (χ0) is 16.6. The van der Waals surface area contributed by atoms with E-state index in [9.17, 15) is 17.1 Å². The summed E-state index contributed by atoms with van der Waals surface area (Å²) in [6, 6.07) is 9.00. The van der Waals surface area contributed by atoms with Crippen LogP contribution in [0.4, 0.5) is 9.77 Å². The van der Waals surface area contributed by atoms with Crippen LogP contribution in [-0.4, -0.2) is 31.8 Å². The normalized spacial score (nSPS) is 18.6. The summed E-state index contributed by atoms with van der Waals surface area (Å²) in [5.41, 5.74) is 1.37. The molecule has 122 valence electrons. The lowest BCUT2D eigenvalue weighted by molar-refractivity contribution is -0.117. The van der Waals surface area contributed by atoms with E-state index in [0.717, 1.165) is 10.0 Å². The van der Waals surface area contributed by atoms with Crippen molar-refractivity contribution < 1.29 is 21.6 Å². The zero-order valence-electron chi connectivity index (χ0n) is 11.8. The van der Waals surface area contributed by atoms with Crippen molar-refractivity contribution in [2.45, 2.75) is 6.42 Å². The van der Waals surface area contributed by atoms with Gasteiger partial charge in [-0.2, -0.15) is 8.42 Å². The number of carbonyl (C=O) groups excluding carboxylic acids is 1. The van der Waals surface area contributed by atoms with Gasteiger partial charge in [-0.25, -0.2) is 0 Å². The maximum absolute atomic E-state index is 12.8. The number of amides is 1. The molecule has 0 spiro atoms. The molecular formula is C14H12BrFN2O4S. The molecule has 1 saturated heterocycles. The lowest BCUT2D eigenvalue weighted by Crippen LogP contribution is -2.24. The lowest BCUT2D eigenvalue weighted by Gasteiger charge is -2.11. The molecule has 23 heavy (non-hydrogen) atoms. The average molecular weight is 403 g/mol. The van der Waals surface area contributed by atoms with Gasteiger partial charge in [-0.05, 0) is 12.1 Å². The van der Waals surface area contributed by atoms with E-state index in [1.165, 1.54) is 4.90 Å². The number of anilines is 1. The molecule has 9 heteroatoms. The van der Waals surface area contributed by atoms with E-state index < -0.39 is 21.9 Å². The second-order valence-electron chi connectivity index (χ2n) is 5.34. The number of hydrogen-bond donors (Lipinski definition) is 0. The minimum absolute atomic E-state index is 0.0303. The first-order valence-electron chi connectivity index (χ1n) is 6.77. The molecule has 1 amide bonds. The van der Waals surface area contributed by atoms with Crippen LogP contribution in [0, 0.1) is 5.92 Å². The molecule has 2 heterocycles. The molecule has 1 aliphatic rings. The molecular weight excluding hydrogens is 391 g/mol. The summed E-state index contributed by atoms with van der Waals surface area (Å²) in [4.78, 5) is 13.3. The molecule has 6 nitrogen and oxygen atoms in total. The van der Waals surface area contributed by atoms with E-state index in [1.807, 2.05) is 24.3 Å². The van der Waals surface area contributed by atoms with Crippen molar-refractivity contribution in [3.05, 3.63) is 34.8 Å². The maximum Gasteiger partial charge on any atom is 0.302 e. The van der Waals surface area contributed by atoms with Gasteiger partial charge < -0.3 is 4.52 Å². The Hall–Kier alpha value is -1.74. The molecule has 1 aromatic heterocycles. The van der Waals surface area contributed by atoms with Crippen molar-refractivity contribution in [2.75, 3.05) is 17.2 Å². The molecule has 0 saturated carbocycles. The van der Waals surface area contributed by atoms with Gasteiger partial charge >= 0.3 is 10.2 Å². The number of aromatic nitrogens is 1. The smallest absolute Gasteiger partial charge is 0.302 e. The third kappa shape index (κ3) is 3.78. The van der Waals surface area contributed by atoms with Gasteiger partial charge in [-0.3, -0.25) is 9.69 Å². The molecule has 1 fully saturated rings. The fourth-order valence-corrected chi connectivity index (χ4v) is 3.59. The van der Waals surface area contributed by atoms with Crippen LogP contribution in [0.5, 0.6) is 0 Å². The third-order valence-corrected chi connectivity index (χ3v) is 4.94. The van der Waals surface area contributed by atoms with Gasteiger partial charge in [0.1, 0.15) is 5.69 Å². The molecule has 1 unspecified atom stereocenters. The number of halogens is 2. The third-order valence-electron chi connectivity index (χ3n) is 3.54. The molecule has 1 atom stereocenters. The number of rotatable bonds is 4. The Bertz CT molecular complexity index is 835. The summed E-state index contributed by atoms with van der Waals surface area (Å²) < 4.78 is 40.3. The first-order chi connectivity index (χ1) is 10.8. The number of benzene rings is 1. The molecule has 1 aliphatic heterocycles. The number of nitrogens with zero attached hydrogens (tertiary/aromatic N) is 2. The standard InChI is InChI=1S/C14H12BrFN2O4S/c15-11-3-1-10(2-4-11)12-6-14(22-17-12)18-7-9(5-13(18)19)8-23(16,20)21/h1-4,6,9H,5,7-8H2. The average Bonchev–Trinajstić information content (AvgIpc) is 3.04. The fraction of sp³-hybridized carbons (Fsp3) is 0.286. The predicted molar refractivity (Wildman–Crippen MR) is 85.0 cm³/mol. The summed E-state index contributed by atoms with van der Waals surface area (Å²) in [5, 5.41) is 3.92. The summed E-state index contributed by atoms with van der Waals surface area (Å²) in [5.74, 6) is -1.33. The Balaban J connectivity index is 1.78. The van der Waals surface area contributed by atoms with Crippen LogP contribution in [0.25, 0.3) is 11.3 Å². The minimum atomic E-state index is -4.61. The predicted octanol–water partition coefficient (Wildman–Crippen LogP) is 2.76. The van der Waals surface area contributed by atoms with Crippen LogP contribution in [0.2, 0.25) is 0 Å². The minimum Gasteiger partial charge on any atom is -0.338 e. The highest BCUT2D eigenvalue weighted by atomic mass is 79.9. The Morgan fingerprint density at radius 1 is 1.35 bits per heavy atom. The van der Waals surface area contributed by atoms with Crippen molar-refractivity contribution in [2.24, 2.45) is 5.92 Å². The van der Waals surface area contributed by atoms with Gasteiger partial charge in [0, 0.05) is 35.0 Å². The second kappa shape index (κ2) is 6.04. The van der Waals surface area contributed by atoms with Crippen LogP contribution in [-0.2, 0) is 15.0 Å². The SMILES string of the molecule is O=C1CC(CS(=O)(=O)F)CN1c1cc(-c2ccc(Br)cc2)no1. The van der Waals surface area contributed by atoms with Crippen LogP contribution in [0.3, 0.4) is 0 Å². The molecule has 0 N–H and O–H groups in total. The Kier molecular flexibility index (Phi) is 4.24. The van der Waals surface area contributed by atoms with E-state index >= 15 is 0 Å². The molecule has 1 aromatic carbocycles. The number of carbonyl (C=O) groups is 1. The Morgan fingerprint density at radius 3 is 2.70 bits per heavy atom. The fourth-order valence-electron chi connectivity index (χ4n) is 2.54. The first-order valence-corrected chi connectivity index (χ1v) is 9.12. The van der Waals surface area contributed by atoms with E-state index in [0.29, 0.717) is 5.69 Å². The van der Waals surface area contributed by atoms with Crippen LogP contribution < -0.4 is 4.90 Å². The van der Waals surface area contributed by atoms with Gasteiger partial charge in [-0.15, -0.1) is 3.89 Å².